The molecular weight excluding hydrogens is 236 g/mol. The summed E-state index contributed by atoms with van der Waals surface area (Å²) in [6.45, 7) is 0. The van der Waals surface area contributed by atoms with Crippen LogP contribution in [-0.4, -0.2) is 13.4 Å². The van der Waals surface area contributed by atoms with E-state index < -0.39 is 10.0 Å². The summed E-state index contributed by atoms with van der Waals surface area (Å²) in [5.41, 5.74) is 1.74. The zero-order chi connectivity index (χ0) is 11.1. The summed E-state index contributed by atoms with van der Waals surface area (Å²) in [5, 5.41) is 5.29. The van der Waals surface area contributed by atoms with Crippen molar-refractivity contribution in [1.29, 1.82) is 0 Å². The summed E-state index contributed by atoms with van der Waals surface area (Å²) in [7, 11) is -3.76. The van der Waals surface area contributed by atoms with Crippen molar-refractivity contribution in [2.75, 3.05) is 0 Å². The van der Waals surface area contributed by atoms with E-state index in [0.29, 0.717) is 0 Å². The number of hydrogen-bond donors (Lipinski definition) is 1. The van der Waals surface area contributed by atoms with Crippen molar-refractivity contribution in [1.82, 2.24) is 4.98 Å². The van der Waals surface area contributed by atoms with Gasteiger partial charge in [-0.05, 0) is 31.2 Å². The van der Waals surface area contributed by atoms with E-state index in [1.54, 1.807) is 0 Å². The minimum atomic E-state index is -3.76. The first-order valence-electron chi connectivity index (χ1n) is 4.69. The Hall–Kier alpha value is -0.650. The average Bonchev–Trinajstić information content (AvgIpc) is 2.16. The van der Waals surface area contributed by atoms with Crippen LogP contribution >= 0.6 is 11.6 Å². The lowest BCUT2D eigenvalue weighted by Crippen LogP contribution is -2.16. The zero-order valence-electron chi connectivity index (χ0n) is 8.03. The summed E-state index contributed by atoms with van der Waals surface area (Å²) >= 11 is 6.01. The number of aryl methyl sites for hydroxylation is 1. The summed E-state index contributed by atoms with van der Waals surface area (Å²) in [6, 6.07) is 0. The van der Waals surface area contributed by atoms with Crippen LogP contribution in [0.2, 0.25) is 5.02 Å². The van der Waals surface area contributed by atoms with Crippen LogP contribution in [0.15, 0.2) is 11.1 Å². The molecule has 0 atom stereocenters. The van der Waals surface area contributed by atoms with Crippen LogP contribution in [0.3, 0.4) is 0 Å². The third kappa shape index (κ3) is 2.00. The van der Waals surface area contributed by atoms with Gasteiger partial charge in [0.1, 0.15) is 4.90 Å². The number of sulfonamides is 1. The molecule has 1 heterocycles. The molecule has 82 valence electrons. The van der Waals surface area contributed by atoms with E-state index >= 15 is 0 Å². The van der Waals surface area contributed by atoms with Crippen LogP contribution in [-0.2, 0) is 22.9 Å². The second-order valence-corrected chi connectivity index (χ2v) is 5.52. The number of aromatic nitrogens is 1. The van der Waals surface area contributed by atoms with Crippen molar-refractivity contribution in [3.63, 3.8) is 0 Å². The fourth-order valence-electron chi connectivity index (χ4n) is 1.81. The van der Waals surface area contributed by atoms with Gasteiger partial charge in [0.25, 0.3) is 0 Å². The van der Waals surface area contributed by atoms with Gasteiger partial charge in [0.15, 0.2) is 0 Å². The van der Waals surface area contributed by atoms with E-state index in [4.69, 9.17) is 16.7 Å². The van der Waals surface area contributed by atoms with E-state index in [-0.39, 0.29) is 9.92 Å². The lowest BCUT2D eigenvalue weighted by atomic mass is 9.96. The predicted octanol–water partition coefficient (Wildman–Crippen LogP) is 1.26. The maximum absolute atomic E-state index is 11.2. The highest BCUT2D eigenvalue weighted by atomic mass is 35.5. The quantitative estimate of drug-likeness (QED) is 0.811. The number of primary sulfonamides is 1. The Morgan fingerprint density at radius 2 is 2.00 bits per heavy atom. The van der Waals surface area contributed by atoms with Gasteiger partial charge in [0.05, 0.1) is 5.02 Å². The van der Waals surface area contributed by atoms with Gasteiger partial charge in [-0.15, -0.1) is 0 Å². The molecule has 0 saturated heterocycles. The lowest BCUT2D eigenvalue weighted by molar-refractivity contribution is 0.596. The van der Waals surface area contributed by atoms with Crippen LogP contribution in [0.25, 0.3) is 0 Å². The van der Waals surface area contributed by atoms with Crippen molar-refractivity contribution >= 4 is 21.6 Å². The summed E-state index contributed by atoms with van der Waals surface area (Å²) in [6.07, 6.45) is 4.99. The molecule has 4 nitrogen and oxygen atoms in total. The summed E-state index contributed by atoms with van der Waals surface area (Å²) in [5.74, 6) is 0. The van der Waals surface area contributed by atoms with Crippen LogP contribution in [0.4, 0.5) is 0 Å². The van der Waals surface area contributed by atoms with Gasteiger partial charge in [-0.1, -0.05) is 11.6 Å². The van der Waals surface area contributed by atoms with E-state index in [2.05, 4.69) is 4.98 Å². The van der Waals surface area contributed by atoms with Crippen LogP contribution < -0.4 is 5.14 Å². The standard InChI is InChI=1S/C9H11ClN2O2S/c10-9-6-3-1-2-4-7(6)12-5-8(9)15(11,13)14/h5H,1-4H2,(H2,11,13,14). The fraction of sp³-hybridized carbons (Fsp3) is 0.444. The highest BCUT2D eigenvalue weighted by Gasteiger charge is 2.21. The van der Waals surface area contributed by atoms with Crippen molar-refractivity contribution in [2.45, 2.75) is 30.6 Å². The fourth-order valence-corrected chi connectivity index (χ4v) is 2.96. The predicted molar refractivity (Wildman–Crippen MR) is 57.3 cm³/mol. The van der Waals surface area contributed by atoms with Crippen molar-refractivity contribution in [3.05, 3.63) is 22.5 Å². The van der Waals surface area contributed by atoms with Crippen molar-refractivity contribution in [3.8, 4) is 0 Å². The third-order valence-electron chi connectivity index (χ3n) is 2.56. The van der Waals surface area contributed by atoms with Gasteiger partial charge in [-0.25, -0.2) is 13.6 Å². The third-order valence-corrected chi connectivity index (χ3v) is 4.03. The van der Waals surface area contributed by atoms with E-state index in [9.17, 15) is 8.42 Å². The number of nitrogens with zero attached hydrogens (tertiary/aromatic N) is 1. The maximum Gasteiger partial charge on any atom is 0.241 e. The topological polar surface area (TPSA) is 73.1 Å². The van der Waals surface area contributed by atoms with Crippen molar-refractivity contribution < 1.29 is 8.42 Å². The van der Waals surface area contributed by atoms with Crippen molar-refractivity contribution in [2.24, 2.45) is 5.14 Å². The molecule has 1 aromatic rings. The summed E-state index contributed by atoms with van der Waals surface area (Å²) in [4.78, 5) is 4.04. The molecule has 0 aromatic carbocycles. The van der Waals surface area contributed by atoms with Gasteiger partial charge in [-0.2, -0.15) is 0 Å². The van der Waals surface area contributed by atoms with Crippen LogP contribution in [0.5, 0.6) is 0 Å². The molecule has 0 aliphatic heterocycles. The largest absolute Gasteiger partial charge is 0.259 e. The van der Waals surface area contributed by atoms with Gasteiger partial charge in [0, 0.05) is 11.9 Å². The van der Waals surface area contributed by atoms with Gasteiger partial charge in [0.2, 0.25) is 10.0 Å². The Morgan fingerprint density at radius 3 is 2.67 bits per heavy atom. The van der Waals surface area contributed by atoms with E-state index in [1.165, 1.54) is 6.20 Å². The molecule has 0 amide bonds. The Kier molecular flexibility index (Phi) is 2.70. The zero-order valence-corrected chi connectivity index (χ0v) is 9.61. The minimum absolute atomic E-state index is 0.0650. The minimum Gasteiger partial charge on any atom is -0.259 e. The molecule has 0 saturated carbocycles. The summed E-state index contributed by atoms with van der Waals surface area (Å²) < 4.78 is 22.4. The number of hydrogen-bond acceptors (Lipinski definition) is 3. The monoisotopic (exact) mass is 246 g/mol. The van der Waals surface area contributed by atoms with Gasteiger partial charge >= 0.3 is 0 Å². The highest BCUT2D eigenvalue weighted by Crippen LogP contribution is 2.30. The molecule has 1 aromatic heterocycles. The number of pyridine rings is 1. The first-order valence-corrected chi connectivity index (χ1v) is 6.61. The second-order valence-electron chi connectivity index (χ2n) is 3.61. The second kappa shape index (κ2) is 3.73. The molecule has 6 heteroatoms. The highest BCUT2D eigenvalue weighted by molar-refractivity contribution is 7.89. The smallest absolute Gasteiger partial charge is 0.241 e. The van der Waals surface area contributed by atoms with E-state index in [0.717, 1.165) is 36.9 Å². The van der Waals surface area contributed by atoms with E-state index in [1.807, 2.05) is 0 Å². The molecule has 1 aliphatic carbocycles. The molecule has 0 unspecified atom stereocenters. The molecule has 0 radical (unpaired) electrons. The molecule has 0 bridgehead atoms. The molecule has 15 heavy (non-hydrogen) atoms. The number of rotatable bonds is 1. The normalized spacial score (nSPS) is 16.1. The lowest BCUT2D eigenvalue weighted by Gasteiger charge is -2.17. The molecule has 0 fully saturated rings. The first-order chi connectivity index (χ1) is 7.00. The van der Waals surface area contributed by atoms with Crippen LogP contribution in [0.1, 0.15) is 24.1 Å². The SMILES string of the molecule is NS(=O)(=O)c1cnc2c(c1Cl)CCCC2. The molecule has 2 N–H and O–H groups in total. The first kappa shape index (κ1) is 10.9. The number of fused-ring (bicyclic) bond motifs is 1. The molecule has 0 spiro atoms. The number of halogens is 1. The molecule has 2 rings (SSSR count). The van der Waals surface area contributed by atoms with Gasteiger partial charge in [-0.3, -0.25) is 4.98 Å². The Bertz CT molecular complexity index is 499. The maximum atomic E-state index is 11.2. The molecular formula is C9H11ClN2O2S. The Labute approximate surface area is 93.5 Å². The average molecular weight is 247 g/mol. The Morgan fingerprint density at radius 1 is 1.33 bits per heavy atom. The van der Waals surface area contributed by atoms with Gasteiger partial charge < -0.3 is 0 Å². The van der Waals surface area contributed by atoms with Crippen LogP contribution in [0, 0.1) is 0 Å². The number of nitrogens with two attached hydrogens (primary N) is 1. The Balaban J connectivity index is 2.63. The molecule has 1 aliphatic rings.